The van der Waals surface area contributed by atoms with E-state index in [9.17, 15) is 0 Å². The molecule has 3 heterocycles. The van der Waals surface area contributed by atoms with Gasteiger partial charge in [-0.1, -0.05) is 13.8 Å². The molecule has 1 fully saturated rings. The highest BCUT2D eigenvalue weighted by Crippen LogP contribution is 2.35. The third-order valence-corrected chi connectivity index (χ3v) is 5.01. The fraction of sp³-hybridized carbons (Fsp3) is 0.611. The number of hydrogen-bond acceptors (Lipinski definition) is 4. The highest BCUT2D eigenvalue weighted by Gasteiger charge is 2.31. The molecule has 2 aromatic heterocycles. The van der Waals surface area contributed by atoms with E-state index >= 15 is 0 Å². The van der Waals surface area contributed by atoms with Crippen LogP contribution in [0.25, 0.3) is 0 Å². The van der Waals surface area contributed by atoms with Crippen molar-refractivity contribution in [1.82, 2.24) is 19.9 Å². The Balaban J connectivity index is 1.64. The standard InChI is InChI=1S/C18H25N5/c1-12(2)17-19-10-9-16(22-17)23-11-5-8-15(23)18-20-13-6-3-4-7-14(13)21-18/h9-10,12,15H,3-8,11H2,1-2H3,(H,20,21)/t15-/m1/s1. The molecule has 1 aliphatic heterocycles. The summed E-state index contributed by atoms with van der Waals surface area (Å²) in [6.45, 7) is 5.33. The monoisotopic (exact) mass is 311 g/mol. The van der Waals surface area contributed by atoms with Gasteiger partial charge in [0, 0.05) is 24.4 Å². The van der Waals surface area contributed by atoms with Crippen molar-refractivity contribution in [2.45, 2.75) is 64.3 Å². The predicted octanol–water partition coefficient (Wildman–Crippen LogP) is 3.54. The number of nitrogens with one attached hydrogen (secondary N) is 1. The number of hydrogen-bond donors (Lipinski definition) is 1. The van der Waals surface area contributed by atoms with Crippen molar-refractivity contribution in [2.24, 2.45) is 0 Å². The molecule has 122 valence electrons. The molecule has 1 saturated heterocycles. The van der Waals surface area contributed by atoms with Gasteiger partial charge >= 0.3 is 0 Å². The highest BCUT2D eigenvalue weighted by molar-refractivity contribution is 5.42. The summed E-state index contributed by atoms with van der Waals surface area (Å²) in [5, 5.41) is 0. The molecule has 2 aliphatic rings. The molecule has 0 bridgehead atoms. The van der Waals surface area contributed by atoms with Crippen LogP contribution in [0.1, 0.15) is 74.5 Å². The molecule has 4 rings (SSSR count). The number of nitrogens with zero attached hydrogens (tertiary/aromatic N) is 4. The average Bonchev–Trinajstić information content (AvgIpc) is 3.21. The Hall–Kier alpha value is -1.91. The van der Waals surface area contributed by atoms with Crippen LogP contribution in [0.5, 0.6) is 0 Å². The van der Waals surface area contributed by atoms with E-state index in [-0.39, 0.29) is 0 Å². The fourth-order valence-electron chi connectivity index (χ4n) is 3.76. The molecule has 23 heavy (non-hydrogen) atoms. The minimum absolute atomic E-state index is 0.329. The quantitative estimate of drug-likeness (QED) is 0.942. The number of H-pyrrole nitrogens is 1. The summed E-state index contributed by atoms with van der Waals surface area (Å²) in [4.78, 5) is 20.1. The first-order valence-corrected chi connectivity index (χ1v) is 8.89. The van der Waals surface area contributed by atoms with Crippen molar-refractivity contribution < 1.29 is 0 Å². The number of aryl methyl sites for hydroxylation is 2. The largest absolute Gasteiger partial charge is 0.346 e. The number of fused-ring (bicyclic) bond motifs is 1. The lowest BCUT2D eigenvalue weighted by Crippen LogP contribution is -2.25. The Morgan fingerprint density at radius 1 is 1.17 bits per heavy atom. The second-order valence-electron chi connectivity index (χ2n) is 7.03. The van der Waals surface area contributed by atoms with Crippen LogP contribution >= 0.6 is 0 Å². The molecule has 0 amide bonds. The minimum Gasteiger partial charge on any atom is -0.346 e. The molecule has 0 spiro atoms. The number of aromatic nitrogens is 4. The average molecular weight is 311 g/mol. The predicted molar refractivity (Wildman–Crippen MR) is 90.7 cm³/mol. The van der Waals surface area contributed by atoms with Gasteiger partial charge in [0.15, 0.2) is 0 Å². The summed E-state index contributed by atoms with van der Waals surface area (Å²) in [6.07, 6.45) is 9.07. The molecule has 0 unspecified atom stereocenters. The van der Waals surface area contributed by atoms with E-state index in [4.69, 9.17) is 9.97 Å². The van der Waals surface area contributed by atoms with Gasteiger partial charge in [-0.3, -0.25) is 0 Å². The Morgan fingerprint density at radius 2 is 2.04 bits per heavy atom. The lowest BCUT2D eigenvalue weighted by atomic mass is 10.0. The summed E-state index contributed by atoms with van der Waals surface area (Å²) in [5.74, 6) is 3.46. The van der Waals surface area contributed by atoms with Crippen LogP contribution in [0, 0.1) is 0 Å². The molecule has 5 nitrogen and oxygen atoms in total. The zero-order chi connectivity index (χ0) is 15.8. The maximum Gasteiger partial charge on any atom is 0.133 e. The molecule has 0 aromatic carbocycles. The van der Waals surface area contributed by atoms with Crippen LogP contribution in [-0.2, 0) is 12.8 Å². The Bertz CT molecular complexity index is 667. The van der Waals surface area contributed by atoms with Gasteiger partial charge in [-0.15, -0.1) is 0 Å². The van der Waals surface area contributed by atoms with Crippen LogP contribution in [0.4, 0.5) is 5.82 Å². The Kier molecular flexibility index (Phi) is 3.79. The lowest BCUT2D eigenvalue weighted by Gasteiger charge is -2.24. The maximum atomic E-state index is 4.93. The SMILES string of the molecule is CC(C)c1nccc(N2CCC[C@@H]2c2nc3c([nH]2)CCCC3)n1. The van der Waals surface area contributed by atoms with E-state index in [2.05, 4.69) is 28.7 Å². The lowest BCUT2D eigenvalue weighted by molar-refractivity contribution is 0.661. The second kappa shape index (κ2) is 5.95. The molecule has 2 aromatic rings. The smallest absolute Gasteiger partial charge is 0.133 e. The molecule has 0 saturated carbocycles. The molecular weight excluding hydrogens is 286 g/mol. The summed E-state index contributed by atoms with van der Waals surface area (Å²) in [5.41, 5.74) is 2.66. The number of aromatic amines is 1. The van der Waals surface area contributed by atoms with E-state index in [1.54, 1.807) is 0 Å². The van der Waals surface area contributed by atoms with Gasteiger partial charge < -0.3 is 9.88 Å². The first-order chi connectivity index (χ1) is 11.2. The zero-order valence-corrected chi connectivity index (χ0v) is 14.0. The van der Waals surface area contributed by atoms with E-state index in [0.717, 1.165) is 43.3 Å². The minimum atomic E-state index is 0.329. The van der Waals surface area contributed by atoms with Gasteiger partial charge in [-0.2, -0.15) is 0 Å². The van der Waals surface area contributed by atoms with Gasteiger partial charge in [0.05, 0.1) is 11.7 Å². The normalized spacial score (nSPS) is 21.0. The van der Waals surface area contributed by atoms with Gasteiger partial charge in [0.25, 0.3) is 0 Å². The third-order valence-electron chi connectivity index (χ3n) is 5.01. The van der Waals surface area contributed by atoms with E-state index in [1.807, 2.05) is 12.3 Å². The van der Waals surface area contributed by atoms with Crippen molar-refractivity contribution in [1.29, 1.82) is 0 Å². The van der Waals surface area contributed by atoms with Gasteiger partial charge in [-0.05, 0) is 44.6 Å². The maximum absolute atomic E-state index is 4.93. The van der Waals surface area contributed by atoms with Crippen LogP contribution in [0.15, 0.2) is 12.3 Å². The summed E-state index contributed by atoms with van der Waals surface area (Å²) in [6, 6.07) is 2.36. The van der Waals surface area contributed by atoms with Crippen molar-refractivity contribution in [3.8, 4) is 0 Å². The molecule has 5 heteroatoms. The topological polar surface area (TPSA) is 57.7 Å². The van der Waals surface area contributed by atoms with Crippen molar-refractivity contribution in [2.75, 3.05) is 11.4 Å². The molecular formula is C18H25N5. The van der Waals surface area contributed by atoms with E-state index in [1.165, 1.54) is 30.7 Å². The van der Waals surface area contributed by atoms with Gasteiger partial charge in [-0.25, -0.2) is 15.0 Å². The first-order valence-electron chi connectivity index (χ1n) is 8.89. The Morgan fingerprint density at radius 3 is 2.87 bits per heavy atom. The van der Waals surface area contributed by atoms with E-state index < -0.39 is 0 Å². The summed E-state index contributed by atoms with van der Waals surface area (Å²) >= 11 is 0. The van der Waals surface area contributed by atoms with E-state index in [0.29, 0.717) is 12.0 Å². The molecule has 1 atom stereocenters. The molecule has 1 N–H and O–H groups in total. The van der Waals surface area contributed by atoms with Crippen molar-refractivity contribution in [3.63, 3.8) is 0 Å². The van der Waals surface area contributed by atoms with Crippen LogP contribution in [-0.4, -0.2) is 26.5 Å². The zero-order valence-electron chi connectivity index (χ0n) is 14.0. The van der Waals surface area contributed by atoms with Crippen molar-refractivity contribution >= 4 is 5.82 Å². The fourth-order valence-corrected chi connectivity index (χ4v) is 3.76. The van der Waals surface area contributed by atoms with Gasteiger partial charge in [0.1, 0.15) is 17.5 Å². The van der Waals surface area contributed by atoms with Gasteiger partial charge in [0.2, 0.25) is 0 Å². The molecule has 0 radical (unpaired) electrons. The number of anilines is 1. The third kappa shape index (κ3) is 2.73. The second-order valence-corrected chi connectivity index (χ2v) is 7.03. The van der Waals surface area contributed by atoms with Crippen LogP contribution < -0.4 is 4.90 Å². The number of rotatable bonds is 3. The summed E-state index contributed by atoms with van der Waals surface area (Å²) in [7, 11) is 0. The van der Waals surface area contributed by atoms with Crippen molar-refractivity contribution in [3.05, 3.63) is 35.3 Å². The van der Waals surface area contributed by atoms with Crippen LogP contribution in [0.2, 0.25) is 0 Å². The first kappa shape index (κ1) is 14.7. The Labute approximate surface area is 137 Å². The van der Waals surface area contributed by atoms with Crippen LogP contribution in [0.3, 0.4) is 0 Å². The summed E-state index contributed by atoms with van der Waals surface area (Å²) < 4.78 is 0. The number of imidazole rings is 1. The highest BCUT2D eigenvalue weighted by atomic mass is 15.3. The molecule has 1 aliphatic carbocycles.